The standard InChI is InChI=1S/C26H29N5O3/c1-15(2)18-9-11-19(12-10-18)25-28-22(33-31-25)14-13-21(32)27-23-17(5)7-6-8-20(23)26-29-24(16(3)4)30-34-26/h6-12,15-16H,13-14H2,1-5H3,(H,27,32). The molecular weight excluding hydrogens is 430 g/mol. The van der Waals surface area contributed by atoms with Gasteiger partial charge in [-0.15, -0.1) is 0 Å². The Morgan fingerprint density at radius 3 is 2.38 bits per heavy atom. The quantitative estimate of drug-likeness (QED) is 0.349. The van der Waals surface area contributed by atoms with Gasteiger partial charge in [0.05, 0.1) is 11.3 Å². The van der Waals surface area contributed by atoms with Crippen molar-refractivity contribution in [2.24, 2.45) is 0 Å². The third-order valence-corrected chi connectivity index (χ3v) is 5.60. The summed E-state index contributed by atoms with van der Waals surface area (Å²) < 4.78 is 10.8. The summed E-state index contributed by atoms with van der Waals surface area (Å²) >= 11 is 0. The number of hydrogen-bond donors (Lipinski definition) is 1. The second-order valence-corrected chi connectivity index (χ2v) is 8.95. The highest BCUT2D eigenvalue weighted by Crippen LogP contribution is 2.31. The maximum absolute atomic E-state index is 12.7. The molecule has 0 spiro atoms. The predicted octanol–water partition coefficient (Wildman–Crippen LogP) is 5.91. The molecule has 2 aromatic heterocycles. The fraction of sp³-hybridized carbons (Fsp3) is 0.346. The number of amides is 1. The molecule has 8 heteroatoms. The number of hydrogen-bond acceptors (Lipinski definition) is 7. The fourth-order valence-corrected chi connectivity index (χ4v) is 3.50. The lowest BCUT2D eigenvalue weighted by Crippen LogP contribution is -2.14. The zero-order valence-corrected chi connectivity index (χ0v) is 20.1. The van der Waals surface area contributed by atoms with Gasteiger partial charge >= 0.3 is 0 Å². The van der Waals surface area contributed by atoms with Gasteiger partial charge in [-0.1, -0.05) is 74.4 Å². The van der Waals surface area contributed by atoms with Crippen molar-refractivity contribution in [2.45, 2.75) is 59.3 Å². The lowest BCUT2D eigenvalue weighted by Gasteiger charge is -2.11. The van der Waals surface area contributed by atoms with Crippen LogP contribution in [0.2, 0.25) is 0 Å². The van der Waals surface area contributed by atoms with Gasteiger partial charge in [-0.05, 0) is 30.0 Å². The van der Waals surface area contributed by atoms with E-state index in [0.717, 1.165) is 11.1 Å². The van der Waals surface area contributed by atoms with E-state index in [2.05, 4.69) is 51.6 Å². The zero-order valence-electron chi connectivity index (χ0n) is 20.1. The summed E-state index contributed by atoms with van der Waals surface area (Å²) in [5.41, 5.74) is 4.38. The lowest BCUT2D eigenvalue weighted by atomic mass is 10.0. The molecule has 0 unspecified atom stereocenters. The molecule has 0 radical (unpaired) electrons. The number of nitrogens with one attached hydrogen (secondary N) is 1. The van der Waals surface area contributed by atoms with Crippen molar-refractivity contribution in [3.8, 4) is 22.8 Å². The molecule has 176 valence electrons. The van der Waals surface area contributed by atoms with Gasteiger partial charge in [-0.25, -0.2) is 0 Å². The Balaban J connectivity index is 1.42. The minimum absolute atomic E-state index is 0.146. The van der Waals surface area contributed by atoms with E-state index < -0.39 is 0 Å². The minimum atomic E-state index is -0.166. The molecule has 34 heavy (non-hydrogen) atoms. The maximum Gasteiger partial charge on any atom is 0.260 e. The van der Waals surface area contributed by atoms with Crippen molar-refractivity contribution >= 4 is 11.6 Å². The first-order valence-corrected chi connectivity index (χ1v) is 11.5. The molecule has 1 N–H and O–H groups in total. The van der Waals surface area contributed by atoms with Crippen molar-refractivity contribution in [3.63, 3.8) is 0 Å². The van der Waals surface area contributed by atoms with Crippen molar-refractivity contribution in [3.05, 3.63) is 65.3 Å². The molecule has 0 fully saturated rings. The lowest BCUT2D eigenvalue weighted by molar-refractivity contribution is -0.116. The summed E-state index contributed by atoms with van der Waals surface area (Å²) in [4.78, 5) is 21.7. The van der Waals surface area contributed by atoms with Gasteiger partial charge in [0.15, 0.2) is 5.82 Å². The Bertz CT molecular complexity index is 1270. The summed E-state index contributed by atoms with van der Waals surface area (Å²) in [7, 11) is 0. The molecule has 0 aliphatic carbocycles. The summed E-state index contributed by atoms with van der Waals surface area (Å²) in [5, 5.41) is 11.1. The Morgan fingerprint density at radius 1 is 0.941 bits per heavy atom. The number of benzene rings is 2. The van der Waals surface area contributed by atoms with Crippen LogP contribution >= 0.6 is 0 Å². The van der Waals surface area contributed by atoms with Crippen LogP contribution in [-0.4, -0.2) is 26.2 Å². The monoisotopic (exact) mass is 459 g/mol. The molecule has 2 heterocycles. The number of anilines is 1. The number of rotatable bonds is 8. The predicted molar refractivity (Wildman–Crippen MR) is 129 cm³/mol. The molecule has 8 nitrogen and oxygen atoms in total. The van der Waals surface area contributed by atoms with E-state index >= 15 is 0 Å². The second-order valence-electron chi connectivity index (χ2n) is 8.95. The largest absolute Gasteiger partial charge is 0.339 e. The normalized spacial score (nSPS) is 11.4. The number of carbonyl (C=O) groups is 1. The topological polar surface area (TPSA) is 107 Å². The van der Waals surface area contributed by atoms with Crippen LogP contribution in [0.1, 0.15) is 68.8 Å². The average molecular weight is 460 g/mol. The van der Waals surface area contributed by atoms with Gasteiger partial charge in [-0.2, -0.15) is 9.97 Å². The first-order valence-electron chi connectivity index (χ1n) is 11.5. The number of carbonyl (C=O) groups excluding carboxylic acids is 1. The first kappa shape index (κ1) is 23.4. The Kier molecular flexibility index (Phi) is 6.86. The molecule has 0 saturated heterocycles. The highest BCUT2D eigenvalue weighted by molar-refractivity contribution is 5.95. The average Bonchev–Trinajstić information content (AvgIpc) is 3.49. The van der Waals surface area contributed by atoms with Gasteiger partial charge in [-0.3, -0.25) is 4.79 Å². The van der Waals surface area contributed by atoms with Crippen LogP contribution in [0.5, 0.6) is 0 Å². The van der Waals surface area contributed by atoms with Crippen LogP contribution in [0, 0.1) is 6.92 Å². The van der Waals surface area contributed by atoms with Gasteiger partial charge < -0.3 is 14.4 Å². The van der Waals surface area contributed by atoms with Crippen LogP contribution in [0.25, 0.3) is 22.8 Å². The van der Waals surface area contributed by atoms with Crippen LogP contribution < -0.4 is 5.32 Å². The third-order valence-electron chi connectivity index (χ3n) is 5.60. The molecule has 0 aliphatic rings. The Morgan fingerprint density at radius 2 is 1.71 bits per heavy atom. The summed E-state index contributed by atoms with van der Waals surface area (Å²) in [6.45, 7) is 10.2. The summed E-state index contributed by atoms with van der Waals surface area (Å²) in [5.74, 6) is 2.38. The molecule has 0 aliphatic heterocycles. The van der Waals surface area contributed by atoms with Crippen LogP contribution in [0.3, 0.4) is 0 Å². The first-order chi connectivity index (χ1) is 16.3. The number of para-hydroxylation sites is 1. The molecule has 2 aromatic carbocycles. The maximum atomic E-state index is 12.7. The van der Waals surface area contributed by atoms with Crippen molar-refractivity contribution in [2.75, 3.05) is 5.32 Å². The van der Waals surface area contributed by atoms with Crippen molar-refractivity contribution in [1.82, 2.24) is 20.3 Å². The van der Waals surface area contributed by atoms with E-state index in [1.807, 2.05) is 51.1 Å². The molecule has 0 bridgehead atoms. The van der Waals surface area contributed by atoms with Crippen molar-refractivity contribution in [1.29, 1.82) is 0 Å². The van der Waals surface area contributed by atoms with Gasteiger partial charge in [0.2, 0.25) is 17.6 Å². The van der Waals surface area contributed by atoms with E-state index in [-0.39, 0.29) is 18.2 Å². The van der Waals surface area contributed by atoms with Crippen LogP contribution in [-0.2, 0) is 11.2 Å². The molecule has 4 rings (SSSR count). The van der Waals surface area contributed by atoms with E-state index in [4.69, 9.17) is 9.05 Å². The zero-order chi connectivity index (χ0) is 24.2. The number of nitrogens with zero attached hydrogens (tertiary/aromatic N) is 4. The SMILES string of the molecule is Cc1cccc(-c2nc(C(C)C)no2)c1NC(=O)CCc1nc(-c2ccc(C(C)C)cc2)no1. The highest BCUT2D eigenvalue weighted by atomic mass is 16.5. The summed E-state index contributed by atoms with van der Waals surface area (Å²) in [6.07, 6.45) is 0.533. The van der Waals surface area contributed by atoms with Crippen LogP contribution in [0.4, 0.5) is 5.69 Å². The van der Waals surface area contributed by atoms with E-state index in [0.29, 0.717) is 47.0 Å². The van der Waals surface area contributed by atoms with Crippen LogP contribution in [0.15, 0.2) is 51.5 Å². The smallest absolute Gasteiger partial charge is 0.260 e. The molecule has 0 atom stereocenters. The van der Waals surface area contributed by atoms with Gasteiger partial charge in [0.25, 0.3) is 5.89 Å². The summed E-state index contributed by atoms with van der Waals surface area (Å²) in [6, 6.07) is 13.8. The third kappa shape index (κ3) is 5.22. The van der Waals surface area contributed by atoms with E-state index in [1.54, 1.807) is 0 Å². The molecule has 1 amide bonds. The Labute approximate surface area is 198 Å². The van der Waals surface area contributed by atoms with E-state index in [9.17, 15) is 4.79 Å². The Hall–Kier alpha value is -3.81. The number of aromatic nitrogens is 4. The minimum Gasteiger partial charge on any atom is -0.339 e. The highest BCUT2D eigenvalue weighted by Gasteiger charge is 2.18. The van der Waals surface area contributed by atoms with Gasteiger partial charge in [0.1, 0.15) is 0 Å². The van der Waals surface area contributed by atoms with Crippen molar-refractivity contribution < 1.29 is 13.8 Å². The molecule has 0 saturated carbocycles. The molecule has 4 aromatic rings. The molecular formula is C26H29N5O3. The number of aryl methyl sites for hydroxylation is 2. The second kappa shape index (κ2) is 9.99. The fourth-order valence-electron chi connectivity index (χ4n) is 3.50. The van der Waals surface area contributed by atoms with E-state index in [1.165, 1.54) is 5.56 Å². The van der Waals surface area contributed by atoms with Gasteiger partial charge in [0, 0.05) is 24.3 Å².